The van der Waals surface area contributed by atoms with E-state index in [0.717, 1.165) is 54.9 Å². The van der Waals surface area contributed by atoms with Crippen molar-refractivity contribution in [3.05, 3.63) is 57.6 Å². The smallest absolute Gasteiger partial charge is 0.310 e. The second kappa shape index (κ2) is 7.62. The van der Waals surface area contributed by atoms with Crippen LogP contribution in [-0.4, -0.2) is 35.7 Å². The summed E-state index contributed by atoms with van der Waals surface area (Å²) in [6, 6.07) is 9.56. The minimum Gasteiger partial charge on any atom is -0.502 e. The number of hydrogen-bond donors (Lipinski definition) is 2. The Morgan fingerprint density at radius 3 is 2.52 bits per heavy atom. The van der Waals surface area contributed by atoms with Crippen molar-refractivity contribution in [2.24, 2.45) is 0 Å². The van der Waals surface area contributed by atoms with E-state index in [1.807, 2.05) is 18.2 Å². The quantitative estimate of drug-likeness (QED) is 0.590. The summed E-state index contributed by atoms with van der Waals surface area (Å²) in [4.78, 5) is 22.7. The third kappa shape index (κ3) is 3.70. The van der Waals surface area contributed by atoms with Crippen molar-refractivity contribution in [3.8, 4) is 17.2 Å². The molecule has 0 saturated heterocycles. The Balaban J connectivity index is 1.52. The summed E-state index contributed by atoms with van der Waals surface area (Å²) < 4.78 is 11.3. The number of nitro groups is 1. The molecule has 2 aliphatic rings. The molecule has 2 aromatic carbocycles. The number of hydrogen-bond acceptors (Lipinski definition) is 6. The molecule has 0 unspecified atom stereocenters. The summed E-state index contributed by atoms with van der Waals surface area (Å²) >= 11 is 0. The lowest BCUT2D eigenvalue weighted by Gasteiger charge is -2.31. The molecule has 8 nitrogen and oxygen atoms in total. The predicted octanol–water partition coefficient (Wildman–Crippen LogP) is 3.31. The molecule has 0 aromatic heterocycles. The summed E-state index contributed by atoms with van der Waals surface area (Å²) in [5.41, 5.74) is 0.661. The molecule has 2 aromatic rings. The number of nitrogens with zero attached hydrogens (tertiary/aromatic N) is 1. The van der Waals surface area contributed by atoms with E-state index in [0.29, 0.717) is 19.8 Å². The number of nitro benzene ring substituents is 1. The largest absolute Gasteiger partial charge is 0.502 e. The van der Waals surface area contributed by atoms with Crippen LogP contribution in [0.25, 0.3) is 0 Å². The van der Waals surface area contributed by atoms with Crippen LogP contribution in [0, 0.1) is 10.1 Å². The lowest BCUT2D eigenvalue weighted by atomic mass is 9.78. The van der Waals surface area contributed by atoms with Gasteiger partial charge in [0.1, 0.15) is 13.2 Å². The number of ether oxygens (including phenoxy) is 2. The second-order valence-corrected chi connectivity index (χ2v) is 7.49. The van der Waals surface area contributed by atoms with Gasteiger partial charge in [-0.15, -0.1) is 0 Å². The molecule has 1 aliphatic carbocycles. The van der Waals surface area contributed by atoms with Gasteiger partial charge in [0.2, 0.25) is 0 Å². The van der Waals surface area contributed by atoms with Crippen molar-refractivity contribution in [2.45, 2.75) is 31.1 Å². The van der Waals surface area contributed by atoms with Crippen molar-refractivity contribution in [1.29, 1.82) is 0 Å². The average Bonchev–Trinajstić information content (AvgIpc) is 3.21. The highest BCUT2D eigenvalue weighted by Gasteiger charge is 2.37. The second-order valence-electron chi connectivity index (χ2n) is 7.49. The number of nitrogens with one attached hydrogen (secondary N) is 1. The van der Waals surface area contributed by atoms with E-state index < -0.39 is 16.4 Å². The highest BCUT2D eigenvalue weighted by molar-refractivity contribution is 5.95. The molecular weight excluding hydrogens is 376 g/mol. The normalized spacial score (nSPS) is 17.0. The molecule has 0 bridgehead atoms. The average molecular weight is 398 g/mol. The molecule has 152 valence electrons. The van der Waals surface area contributed by atoms with Gasteiger partial charge >= 0.3 is 5.69 Å². The number of phenolic OH excluding ortho intramolecular Hbond substituents is 1. The molecule has 29 heavy (non-hydrogen) atoms. The number of benzene rings is 2. The van der Waals surface area contributed by atoms with Gasteiger partial charge in [0.15, 0.2) is 17.2 Å². The fourth-order valence-corrected chi connectivity index (χ4v) is 4.16. The van der Waals surface area contributed by atoms with Crippen molar-refractivity contribution < 1.29 is 24.3 Å². The monoisotopic (exact) mass is 398 g/mol. The number of carbonyl (C=O) groups excluding carboxylic acids is 1. The molecule has 0 radical (unpaired) electrons. The van der Waals surface area contributed by atoms with Gasteiger partial charge in [-0.25, -0.2) is 0 Å². The summed E-state index contributed by atoms with van der Waals surface area (Å²) in [5.74, 6) is 0.564. The first-order valence-corrected chi connectivity index (χ1v) is 9.64. The Kier molecular flexibility index (Phi) is 5.00. The number of phenols is 1. The van der Waals surface area contributed by atoms with Crippen LogP contribution in [0.3, 0.4) is 0 Å². The lowest BCUT2D eigenvalue weighted by molar-refractivity contribution is -0.385. The number of aromatic hydroxyl groups is 1. The standard InChI is InChI=1S/C21H22N2O6/c24-17-11-14(3-5-16(17)23(26)27)20(25)22-13-21(7-1-2-8-21)15-4-6-18-19(12-15)29-10-9-28-18/h3-6,11-12,24H,1-2,7-10,13H2,(H,22,25). The van der Waals surface area contributed by atoms with Gasteiger partial charge < -0.3 is 19.9 Å². The molecule has 2 N–H and O–H groups in total. The number of fused-ring (bicyclic) bond motifs is 1. The van der Waals surface area contributed by atoms with Crippen molar-refractivity contribution in [1.82, 2.24) is 5.32 Å². The van der Waals surface area contributed by atoms with Crippen LogP contribution in [-0.2, 0) is 5.41 Å². The van der Waals surface area contributed by atoms with E-state index in [-0.39, 0.29) is 16.9 Å². The molecule has 0 spiro atoms. The third-order valence-electron chi connectivity index (χ3n) is 5.74. The Hall–Kier alpha value is -3.29. The summed E-state index contributed by atoms with van der Waals surface area (Å²) in [5, 5.41) is 23.6. The number of amides is 1. The van der Waals surface area contributed by atoms with Gasteiger partial charge in [-0.05, 0) is 42.7 Å². The van der Waals surface area contributed by atoms with Gasteiger partial charge in [-0.1, -0.05) is 18.9 Å². The Labute approximate surface area is 167 Å². The topological polar surface area (TPSA) is 111 Å². The Morgan fingerprint density at radius 1 is 1.10 bits per heavy atom. The first-order valence-electron chi connectivity index (χ1n) is 9.64. The van der Waals surface area contributed by atoms with Crippen LogP contribution in [0.5, 0.6) is 17.2 Å². The number of carbonyl (C=O) groups is 1. The van der Waals surface area contributed by atoms with E-state index in [1.54, 1.807) is 0 Å². The predicted molar refractivity (Wildman–Crippen MR) is 105 cm³/mol. The van der Waals surface area contributed by atoms with E-state index in [9.17, 15) is 20.0 Å². The first-order chi connectivity index (χ1) is 14.0. The van der Waals surface area contributed by atoms with Crippen LogP contribution in [0.1, 0.15) is 41.6 Å². The highest BCUT2D eigenvalue weighted by Crippen LogP contribution is 2.44. The minimum atomic E-state index is -0.688. The molecule has 1 fully saturated rings. The van der Waals surface area contributed by atoms with Gasteiger partial charge in [0.05, 0.1) is 4.92 Å². The van der Waals surface area contributed by atoms with Gasteiger partial charge in [0, 0.05) is 23.6 Å². The van der Waals surface area contributed by atoms with Crippen LogP contribution >= 0.6 is 0 Å². The Bertz CT molecular complexity index is 952. The highest BCUT2D eigenvalue weighted by atomic mass is 16.6. The fraction of sp³-hybridized carbons (Fsp3) is 0.381. The van der Waals surface area contributed by atoms with E-state index in [4.69, 9.17) is 9.47 Å². The maximum atomic E-state index is 12.6. The van der Waals surface area contributed by atoms with Gasteiger partial charge in [-0.3, -0.25) is 14.9 Å². The van der Waals surface area contributed by atoms with E-state index >= 15 is 0 Å². The van der Waals surface area contributed by atoms with Gasteiger partial charge in [0.25, 0.3) is 5.91 Å². The van der Waals surface area contributed by atoms with Gasteiger partial charge in [-0.2, -0.15) is 0 Å². The fourth-order valence-electron chi connectivity index (χ4n) is 4.16. The van der Waals surface area contributed by atoms with Crippen molar-refractivity contribution >= 4 is 11.6 Å². The van der Waals surface area contributed by atoms with Crippen LogP contribution < -0.4 is 14.8 Å². The zero-order chi connectivity index (χ0) is 20.4. The lowest BCUT2D eigenvalue weighted by Crippen LogP contribution is -2.39. The zero-order valence-electron chi connectivity index (χ0n) is 15.8. The summed E-state index contributed by atoms with van der Waals surface area (Å²) in [6.45, 7) is 1.49. The van der Waals surface area contributed by atoms with Crippen molar-refractivity contribution in [2.75, 3.05) is 19.8 Å². The van der Waals surface area contributed by atoms with E-state index in [2.05, 4.69) is 5.32 Å². The molecular formula is C21H22N2O6. The molecule has 4 rings (SSSR count). The molecule has 1 amide bonds. The molecule has 1 heterocycles. The third-order valence-corrected chi connectivity index (χ3v) is 5.74. The minimum absolute atomic E-state index is 0.184. The maximum absolute atomic E-state index is 12.6. The first kappa shape index (κ1) is 19.0. The summed E-state index contributed by atoms with van der Waals surface area (Å²) in [6.07, 6.45) is 4.03. The van der Waals surface area contributed by atoms with Crippen LogP contribution in [0.4, 0.5) is 5.69 Å². The molecule has 0 atom stereocenters. The van der Waals surface area contributed by atoms with Crippen LogP contribution in [0.15, 0.2) is 36.4 Å². The Morgan fingerprint density at radius 2 is 1.83 bits per heavy atom. The number of rotatable bonds is 5. The summed E-state index contributed by atoms with van der Waals surface area (Å²) in [7, 11) is 0. The van der Waals surface area contributed by atoms with E-state index in [1.165, 1.54) is 6.07 Å². The SMILES string of the molecule is O=C(NCC1(c2ccc3c(c2)OCCO3)CCCC1)c1ccc([N+](=O)[O-])c(O)c1. The van der Waals surface area contributed by atoms with Crippen molar-refractivity contribution in [3.63, 3.8) is 0 Å². The van der Waals surface area contributed by atoms with Crippen LogP contribution in [0.2, 0.25) is 0 Å². The molecule has 8 heteroatoms. The zero-order valence-corrected chi connectivity index (χ0v) is 15.8. The molecule has 1 saturated carbocycles. The molecule has 1 aliphatic heterocycles. The maximum Gasteiger partial charge on any atom is 0.310 e.